The summed E-state index contributed by atoms with van der Waals surface area (Å²) in [5.41, 5.74) is 11.4. The van der Waals surface area contributed by atoms with Crippen molar-refractivity contribution in [3.8, 4) is 6.07 Å². The molecule has 2 aromatic heterocycles. The van der Waals surface area contributed by atoms with Crippen LogP contribution in [0.5, 0.6) is 0 Å². The van der Waals surface area contributed by atoms with Crippen LogP contribution in [0, 0.1) is 16.7 Å². The third kappa shape index (κ3) is 5.31. The maximum absolute atomic E-state index is 12.9. The fraction of sp³-hybridized carbons (Fsp3) is 0.345. The van der Waals surface area contributed by atoms with E-state index < -0.39 is 0 Å². The molecule has 3 N–H and O–H groups in total. The van der Waals surface area contributed by atoms with Gasteiger partial charge in [0.1, 0.15) is 0 Å². The summed E-state index contributed by atoms with van der Waals surface area (Å²) in [7, 11) is 0. The first-order valence-corrected chi connectivity index (χ1v) is 12.8. The number of allylic oxidation sites excluding steroid dienone is 1. The van der Waals surface area contributed by atoms with Gasteiger partial charge in [-0.3, -0.25) is 15.0 Å². The Hall–Kier alpha value is -4.25. The molecule has 8 heteroatoms. The number of unbranched alkanes of at least 4 members (excludes halogenated alkanes) is 1. The lowest BCUT2D eigenvalue weighted by molar-refractivity contribution is 0.205. The maximum Gasteiger partial charge on any atom is 0.317 e. The summed E-state index contributed by atoms with van der Waals surface area (Å²) < 4.78 is 0. The van der Waals surface area contributed by atoms with Gasteiger partial charge in [-0.1, -0.05) is 18.2 Å². The number of urea groups is 1. The van der Waals surface area contributed by atoms with Gasteiger partial charge in [0.2, 0.25) is 0 Å². The number of aliphatic imine (C=N–C) groups is 1. The zero-order valence-electron chi connectivity index (χ0n) is 20.9. The van der Waals surface area contributed by atoms with Gasteiger partial charge in [0.15, 0.2) is 0 Å². The molecule has 2 aliphatic rings. The number of aryl methyl sites for hydroxylation is 1. The number of benzene rings is 1. The van der Waals surface area contributed by atoms with Crippen LogP contribution in [-0.4, -0.2) is 52.8 Å². The number of para-hydroxylation sites is 1. The Morgan fingerprint density at radius 3 is 3.00 bits per heavy atom. The first kappa shape index (κ1) is 24.4. The average molecular weight is 494 g/mol. The molecule has 0 radical (unpaired) electrons. The highest BCUT2D eigenvalue weighted by Crippen LogP contribution is 2.40. The second-order valence-electron chi connectivity index (χ2n) is 9.82. The van der Waals surface area contributed by atoms with Crippen LogP contribution in [0.2, 0.25) is 0 Å². The fourth-order valence-corrected chi connectivity index (χ4v) is 5.29. The molecule has 1 atom stereocenters. The normalized spacial score (nSPS) is 19.3. The fourth-order valence-electron chi connectivity index (χ4n) is 5.29. The van der Waals surface area contributed by atoms with Crippen LogP contribution < -0.4 is 11.1 Å². The van der Waals surface area contributed by atoms with E-state index in [-0.39, 0.29) is 11.4 Å². The summed E-state index contributed by atoms with van der Waals surface area (Å²) in [5, 5.41) is 13.3. The molecule has 1 spiro atoms. The number of amides is 2. The molecular formula is C29H31N7O. The van der Waals surface area contributed by atoms with E-state index in [2.05, 4.69) is 27.4 Å². The van der Waals surface area contributed by atoms with Crippen molar-refractivity contribution < 1.29 is 4.79 Å². The quantitative estimate of drug-likeness (QED) is 0.481. The van der Waals surface area contributed by atoms with Crippen molar-refractivity contribution in [2.75, 3.05) is 26.2 Å². The van der Waals surface area contributed by atoms with E-state index in [4.69, 9.17) is 10.7 Å². The summed E-state index contributed by atoms with van der Waals surface area (Å²) in [6.07, 6.45) is 11.5. The highest BCUT2D eigenvalue weighted by Gasteiger charge is 2.45. The molecule has 1 aromatic carbocycles. The van der Waals surface area contributed by atoms with Crippen LogP contribution in [-0.2, 0) is 6.42 Å². The number of carbonyl (C=O) groups excluding carboxylic acids is 1. The number of pyridine rings is 2. The SMILES string of the molecule is N#Cc1ccncc1CCCCNC(=O)N1CCC2(CCN=C2/C=C(\N)c2cnc3ccccc3c2)C1. The second-order valence-corrected chi connectivity index (χ2v) is 9.82. The van der Waals surface area contributed by atoms with E-state index in [0.717, 1.165) is 66.4 Å². The third-order valence-corrected chi connectivity index (χ3v) is 7.45. The first-order valence-electron chi connectivity index (χ1n) is 12.8. The number of aromatic nitrogens is 2. The predicted molar refractivity (Wildman–Crippen MR) is 145 cm³/mol. The first-order chi connectivity index (χ1) is 18.1. The molecular weight excluding hydrogens is 462 g/mol. The van der Waals surface area contributed by atoms with Gasteiger partial charge in [0.25, 0.3) is 0 Å². The minimum absolute atomic E-state index is 0.0297. The van der Waals surface area contributed by atoms with Gasteiger partial charge in [0.05, 0.1) is 17.1 Å². The monoisotopic (exact) mass is 493 g/mol. The van der Waals surface area contributed by atoms with Crippen molar-refractivity contribution >= 4 is 28.3 Å². The average Bonchev–Trinajstić information content (AvgIpc) is 3.54. The highest BCUT2D eigenvalue weighted by molar-refractivity contribution is 6.06. The molecule has 188 valence electrons. The molecule has 1 unspecified atom stereocenters. The number of nitrogens with zero attached hydrogens (tertiary/aromatic N) is 5. The number of nitrogens with two attached hydrogens (primary N) is 1. The molecule has 0 bridgehead atoms. The molecule has 37 heavy (non-hydrogen) atoms. The maximum atomic E-state index is 12.9. The Kier molecular flexibility index (Phi) is 7.13. The number of fused-ring (bicyclic) bond motifs is 1. The number of hydrogen-bond donors (Lipinski definition) is 2. The number of nitriles is 1. The van der Waals surface area contributed by atoms with Gasteiger partial charge < -0.3 is 16.0 Å². The van der Waals surface area contributed by atoms with E-state index in [1.165, 1.54) is 0 Å². The molecule has 2 aliphatic heterocycles. The van der Waals surface area contributed by atoms with Crippen LogP contribution in [0.1, 0.15) is 42.4 Å². The Morgan fingerprint density at radius 2 is 2.11 bits per heavy atom. The van der Waals surface area contributed by atoms with E-state index >= 15 is 0 Å². The van der Waals surface area contributed by atoms with Gasteiger partial charge in [-0.15, -0.1) is 0 Å². The van der Waals surface area contributed by atoms with Gasteiger partial charge in [-0.05, 0) is 61.9 Å². The van der Waals surface area contributed by atoms with Crippen molar-refractivity contribution in [1.82, 2.24) is 20.2 Å². The third-order valence-electron chi connectivity index (χ3n) is 7.45. The summed E-state index contributed by atoms with van der Waals surface area (Å²) in [6, 6.07) is 14.0. The predicted octanol–water partition coefficient (Wildman–Crippen LogP) is 4.07. The second kappa shape index (κ2) is 10.8. The van der Waals surface area contributed by atoms with Crippen LogP contribution in [0.15, 0.2) is 66.1 Å². The van der Waals surface area contributed by atoms with Gasteiger partial charge in [-0.2, -0.15) is 5.26 Å². The molecule has 8 nitrogen and oxygen atoms in total. The van der Waals surface area contributed by atoms with Gasteiger partial charge in [0, 0.05) is 72.5 Å². The summed E-state index contributed by atoms with van der Waals surface area (Å²) in [4.78, 5) is 28.2. The molecule has 1 fully saturated rings. The molecule has 1 saturated heterocycles. The van der Waals surface area contributed by atoms with Crippen LogP contribution in [0.3, 0.4) is 0 Å². The lowest BCUT2D eigenvalue weighted by atomic mass is 9.80. The number of rotatable bonds is 7. The Balaban J connectivity index is 1.15. The topological polar surface area (TPSA) is 120 Å². The molecule has 0 saturated carbocycles. The molecule has 5 rings (SSSR count). The number of nitrogens with one attached hydrogen (secondary N) is 1. The lowest BCUT2D eigenvalue weighted by Crippen LogP contribution is -2.41. The Morgan fingerprint density at radius 1 is 1.22 bits per heavy atom. The molecule has 2 amide bonds. The van der Waals surface area contributed by atoms with Crippen molar-refractivity contribution in [3.05, 3.63) is 77.8 Å². The van der Waals surface area contributed by atoms with Crippen LogP contribution in [0.25, 0.3) is 16.6 Å². The van der Waals surface area contributed by atoms with Crippen molar-refractivity contribution in [2.45, 2.75) is 32.1 Å². The molecule has 0 aliphatic carbocycles. The van der Waals surface area contributed by atoms with E-state index in [0.29, 0.717) is 30.9 Å². The van der Waals surface area contributed by atoms with E-state index in [9.17, 15) is 10.1 Å². The smallest absolute Gasteiger partial charge is 0.317 e. The van der Waals surface area contributed by atoms with E-state index in [1.807, 2.05) is 35.2 Å². The van der Waals surface area contributed by atoms with E-state index in [1.54, 1.807) is 24.7 Å². The minimum Gasteiger partial charge on any atom is -0.398 e. The number of carbonyl (C=O) groups is 1. The molecule has 3 aromatic rings. The zero-order chi connectivity index (χ0) is 25.7. The Labute approximate surface area is 216 Å². The van der Waals surface area contributed by atoms with Crippen LogP contribution in [0.4, 0.5) is 4.79 Å². The summed E-state index contributed by atoms with van der Waals surface area (Å²) in [5.74, 6) is 0. The minimum atomic E-state index is -0.139. The zero-order valence-corrected chi connectivity index (χ0v) is 20.9. The molecule has 4 heterocycles. The highest BCUT2D eigenvalue weighted by atomic mass is 16.2. The van der Waals surface area contributed by atoms with Crippen molar-refractivity contribution in [3.63, 3.8) is 0 Å². The summed E-state index contributed by atoms with van der Waals surface area (Å²) in [6.45, 7) is 2.72. The Bertz CT molecular complexity index is 1410. The van der Waals surface area contributed by atoms with Gasteiger partial charge in [-0.25, -0.2) is 4.79 Å². The number of hydrogen-bond acceptors (Lipinski definition) is 6. The number of likely N-dealkylation sites (tertiary alicyclic amines) is 1. The van der Waals surface area contributed by atoms with Crippen LogP contribution >= 0.6 is 0 Å². The largest absolute Gasteiger partial charge is 0.398 e. The van der Waals surface area contributed by atoms with Crippen molar-refractivity contribution in [2.24, 2.45) is 16.1 Å². The lowest BCUT2D eigenvalue weighted by Gasteiger charge is -2.25. The summed E-state index contributed by atoms with van der Waals surface area (Å²) >= 11 is 0. The standard InChI is InChI=1S/C29H31N7O/c30-17-22-8-12-32-18-23(22)6-3-4-11-34-28(37)36-14-10-29(20-36)9-13-33-27(29)16-25(31)24-15-21-5-1-2-7-26(21)35-19-24/h1-2,5,7-8,12,15-16,18-19H,3-4,6,9-11,13-14,20,31H2,(H,34,37)/b25-16-. The van der Waals surface area contributed by atoms with Gasteiger partial charge >= 0.3 is 6.03 Å². The van der Waals surface area contributed by atoms with Crippen molar-refractivity contribution in [1.29, 1.82) is 5.26 Å².